The Hall–Kier alpha value is -2.13. The molecule has 1 saturated heterocycles. The number of rotatable bonds is 8. The fourth-order valence-corrected chi connectivity index (χ4v) is 3.76. The van der Waals surface area contributed by atoms with E-state index in [1.165, 1.54) is 11.1 Å². The van der Waals surface area contributed by atoms with Gasteiger partial charge in [-0.3, -0.25) is 9.69 Å². The van der Waals surface area contributed by atoms with Crippen LogP contribution in [0.5, 0.6) is 0 Å². The molecule has 1 aliphatic heterocycles. The molecule has 0 spiro atoms. The summed E-state index contributed by atoms with van der Waals surface area (Å²) in [7, 11) is 0. The first-order chi connectivity index (χ1) is 12.6. The lowest BCUT2D eigenvalue weighted by Crippen LogP contribution is -2.43. The lowest BCUT2D eigenvalue weighted by Gasteiger charge is -2.36. The van der Waals surface area contributed by atoms with Crippen LogP contribution in [0.2, 0.25) is 0 Å². The van der Waals surface area contributed by atoms with Crippen molar-refractivity contribution in [3.63, 3.8) is 0 Å². The number of ether oxygens (including phenoxy) is 1. The minimum atomic E-state index is -0.0527. The Bertz CT molecular complexity index is 642. The van der Waals surface area contributed by atoms with E-state index in [9.17, 15) is 4.79 Å². The van der Waals surface area contributed by atoms with Crippen LogP contribution in [0.3, 0.4) is 0 Å². The summed E-state index contributed by atoms with van der Waals surface area (Å²) >= 11 is 0. The zero-order valence-electron chi connectivity index (χ0n) is 15.8. The second-order valence-electron chi connectivity index (χ2n) is 7.64. The van der Waals surface area contributed by atoms with Crippen molar-refractivity contribution in [2.75, 3.05) is 0 Å². The highest BCUT2D eigenvalue weighted by Gasteiger charge is 2.35. The molecule has 1 aliphatic rings. The number of benzene rings is 2. The summed E-state index contributed by atoms with van der Waals surface area (Å²) in [6.07, 6.45) is 2.40. The summed E-state index contributed by atoms with van der Waals surface area (Å²) in [4.78, 5) is 14.2. The van der Waals surface area contributed by atoms with Crippen LogP contribution in [0.15, 0.2) is 60.7 Å². The van der Waals surface area contributed by atoms with Crippen molar-refractivity contribution in [1.29, 1.82) is 0 Å². The quantitative estimate of drug-likeness (QED) is 0.639. The molecule has 1 heterocycles. The van der Waals surface area contributed by atoms with Gasteiger partial charge in [0, 0.05) is 25.6 Å². The van der Waals surface area contributed by atoms with Crippen molar-refractivity contribution in [1.82, 2.24) is 4.90 Å². The molecule has 26 heavy (non-hydrogen) atoms. The van der Waals surface area contributed by atoms with Gasteiger partial charge in [0.05, 0.1) is 0 Å². The molecule has 1 fully saturated rings. The summed E-state index contributed by atoms with van der Waals surface area (Å²) in [6.45, 7) is 6.21. The van der Waals surface area contributed by atoms with Crippen LogP contribution < -0.4 is 0 Å². The van der Waals surface area contributed by atoms with Gasteiger partial charge in [-0.15, -0.1) is 0 Å². The fourth-order valence-electron chi connectivity index (χ4n) is 3.76. The molecule has 0 amide bonds. The Morgan fingerprint density at radius 1 is 0.962 bits per heavy atom. The smallest absolute Gasteiger partial charge is 0.306 e. The van der Waals surface area contributed by atoms with E-state index in [-0.39, 0.29) is 18.1 Å². The summed E-state index contributed by atoms with van der Waals surface area (Å²) < 4.78 is 5.70. The van der Waals surface area contributed by atoms with Gasteiger partial charge in [-0.25, -0.2) is 0 Å². The first-order valence-corrected chi connectivity index (χ1v) is 9.63. The number of esters is 1. The second-order valence-corrected chi connectivity index (χ2v) is 7.64. The average molecular weight is 351 g/mol. The maximum absolute atomic E-state index is 11.7. The zero-order valence-corrected chi connectivity index (χ0v) is 15.8. The molecule has 138 valence electrons. The van der Waals surface area contributed by atoms with Crippen LogP contribution in [-0.4, -0.2) is 23.0 Å². The molecule has 2 atom stereocenters. The fraction of sp³-hybridized carbons (Fsp3) is 0.435. The molecule has 3 nitrogen and oxygen atoms in total. The predicted molar refractivity (Wildman–Crippen MR) is 104 cm³/mol. The Morgan fingerprint density at radius 2 is 1.50 bits per heavy atom. The molecule has 0 radical (unpaired) electrons. The number of carbonyl (C=O) groups is 1. The number of carbonyl (C=O) groups excluding carboxylic acids is 1. The number of nitrogens with zero attached hydrogens (tertiary/aromatic N) is 1. The van der Waals surface area contributed by atoms with E-state index >= 15 is 0 Å². The van der Waals surface area contributed by atoms with Crippen LogP contribution in [0, 0.1) is 5.92 Å². The highest BCUT2D eigenvalue weighted by Crippen LogP contribution is 2.28. The van der Waals surface area contributed by atoms with E-state index in [2.05, 4.69) is 79.4 Å². The maximum atomic E-state index is 11.7. The molecule has 3 rings (SSSR count). The van der Waals surface area contributed by atoms with Gasteiger partial charge in [0.1, 0.15) is 6.10 Å². The zero-order chi connectivity index (χ0) is 18.4. The normalized spacial score (nSPS) is 18.3. The highest BCUT2D eigenvalue weighted by atomic mass is 16.6. The molecule has 0 bridgehead atoms. The molecule has 0 aliphatic carbocycles. The van der Waals surface area contributed by atoms with E-state index in [0.717, 1.165) is 25.9 Å². The van der Waals surface area contributed by atoms with Crippen molar-refractivity contribution in [3.8, 4) is 0 Å². The van der Waals surface area contributed by atoms with E-state index in [0.29, 0.717) is 12.3 Å². The number of hydrogen-bond donors (Lipinski definition) is 0. The lowest BCUT2D eigenvalue weighted by molar-refractivity contribution is -0.144. The van der Waals surface area contributed by atoms with Crippen LogP contribution >= 0.6 is 0 Å². The van der Waals surface area contributed by atoms with Gasteiger partial charge in [-0.2, -0.15) is 0 Å². The Morgan fingerprint density at radius 3 is 1.92 bits per heavy atom. The second kappa shape index (κ2) is 9.00. The van der Waals surface area contributed by atoms with Gasteiger partial charge < -0.3 is 4.74 Å². The van der Waals surface area contributed by atoms with Crippen molar-refractivity contribution in [3.05, 3.63) is 71.8 Å². The third-order valence-electron chi connectivity index (χ3n) is 4.98. The SMILES string of the molecule is CC(C)C[C@@H]([C@@H]1CCC(=O)O1)N(Cc1ccccc1)Cc1ccccc1. The topological polar surface area (TPSA) is 29.5 Å². The van der Waals surface area contributed by atoms with Crippen molar-refractivity contribution in [2.45, 2.75) is 58.3 Å². The molecule has 0 N–H and O–H groups in total. The first-order valence-electron chi connectivity index (χ1n) is 9.63. The third kappa shape index (κ3) is 5.18. The standard InChI is InChI=1S/C23H29NO2/c1-18(2)15-21(22-13-14-23(25)26-22)24(16-19-9-5-3-6-10-19)17-20-11-7-4-8-12-20/h3-12,18,21-22H,13-17H2,1-2H3/t21-,22-/m0/s1. The highest BCUT2D eigenvalue weighted by molar-refractivity contribution is 5.71. The van der Waals surface area contributed by atoms with Gasteiger partial charge in [0.15, 0.2) is 0 Å². The van der Waals surface area contributed by atoms with Gasteiger partial charge >= 0.3 is 5.97 Å². The molecule has 2 aromatic carbocycles. The molecule has 2 aromatic rings. The largest absolute Gasteiger partial charge is 0.461 e. The van der Waals surface area contributed by atoms with E-state index in [1.54, 1.807) is 0 Å². The predicted octanol–water partition coefficient (Wildman–Crippen LogP) is 4.81. The minimum absolute atomic E-state index is 0.00248. The monoisotopic (exact) mass is 351 g/mol. The molecular weight excluding hydrogens is 322 g/mol. The van der Waals surface area contributed by atoms with E-state index in [1.807, 2.05) is 0 Å². The van der Waals surface area contributed by atoms with Crippen molar-refractivity contribution in [2.24, 2.45) is 5.92 Å². The van der Waals surface area contributed by atoms with Gasteiger partial charge in [0.25, 0.3) is 0 Å². The Labute approximate surface area is 157 Å². The molecular formula is C23H29NO2. The van der Waals surface area contributed by atoms with Crippen molar-refractivity contribution < 1.29 is 9.53 Å². The minimum Gasteiger partial charge on any atom is -0.461 e. The van der Waals surface area contributed by atoms with E-state index < -0.39 is 0 Å². The molecule has 0 aromatic heterocycles. The van der Waals surface area contributed by atoms with Crippen LogP contribution in [0.1, 0.15) is 44.2 Å². The first kappa shape index (κ1) is 18.7. The Balaban J connectivity index is 1.85. The molecule has 3 heteroatoms. The van der Waals surface area contributed by atoms with Crippen LogP contribution in [0.25, 0.3) is 0 Å². The average Bonchev–Trinajstić information content (AvgIpc) is 3.07. The van der Waals surface area contributed by atoms with Crippen LogP contribution in [-0.2, 0) is 22.6 Å². The maximum Gasteiger partial charge on any atom is 0.306 e. The molecule has 0 saturated carbocycles. The summed E-state index contributed by atoms with van der Waals surface area (Å²) in [5.74, 6) is 0.497. The summed E-state index contributed by atoms with van der Waals surface area (Å²) in [5.41, 5.74) is 2.59. The van der Waals surface area contributed by atoms with Crippen molar-refractivity contribution >= 4 is 5.97 Å². The summed E-state index contributed by atoms with van der Waals surface area (Å²) in [6, 6.07) is 21.4. The van der Waals surface area contributed by atoms with E-state index in [4.69, 9.17) is 4.74 Å². The summed E-state index contributed by atoms with van der Waals surface area (Å²) in [5, 5.41) is 0. The van der Waals surface area contributed by atoms with Gasteiger partial charge in [-0.05, 0) is 29.9 Å². The van der Waals surface area contributed by atoms with Gasteiger partial charge in [-0.1, -0.05) is 74.5 Å². The third-order valence-corrected chi connectivity index (χ3v) is 4.98. The van der Waals surface area contributed by atoms with Gasteiger partial charge in [0.2, 0.25) is 0 Å². The van der Waals surface area contributed by atoms with Crippen LogP contribution in [0.4, 0.5) is 0 Å². The molecule has 0 unspecified atom stereocenters. The Kier molecular flexibility index (Phi) is 6.45. The lowest BCUT2D eigenvalue weighted by atomic mass is 9.95. The number of cyclic esters (lactones) is 1. The number of hydrogen-bond acceptors (Lipinski definition) is 3.